The summed E-state index contributed by atoms with van der Waals surface area (Å²) in [5.74, 6) is -0.352. The molecular weight excluding hydrogens is 539 g/mol. The van der Waals surface area contributed by atoms with Gasteiger partial charge in [-0.1, -0.05) is 83.9 Å². The fourth-order valence-electron chi connectivity index (χ4n) is 2.57. The number of carbonyl (C=O) groups excluding carboxylic acids is 1. The molecule has 3 aromatic carbocycles. The molecule has 0 fully saturated rings. The van der Waals surface area contributed by atoms with Crippen LogP contribution in [0.3, 0.4) is 0 Å². The minimum absolute atomic E-state index is 0.352. The first-order valence-corrected chi connectivity index (χ1v) is 12.5. The van der Waals surface area contributed by atoms with Crippen LogP contribution in [0.5, 0.6) is 0 Å². The number of rotatable bonds is 8. The number of allylic oxidation sites excluding steroid dienone is 2. The molecule has 0 aliphatic heterocycles. The van der Waals surface area contributed by atoms with Crippen molar-refractivity contribution < 1.29 is 22.3 Å². The summed E-state index contributed by atoms with van der Waals surface area (Å²) in [4.78, 5) is 12.2. The first kappa shape index (κ1) is 29.4. The molecule has 4 N–H and O–H groups in total. The molecule has 0 atom stereocenters. The monoisotopic (exact) mass is 560 g/mol. The van der Waals surface area contributed by atoms with Crippen LogP contribution in [0.1, 0.15) is 21.5 Å². The van der Waals surface area contributed by atoms with Crippen LogP contribution in [-0.4, -0.2) is 35.9 Å². The molecule has 0 aliphatic carbocycles. The second-order valence-corrected chi connectivity index (χ2v) is 8.74. The van der Waals surface area contributed by atoms with E-state index >= 15 is 0 Å². The highest BCUT2D eigenvalue weighted by atomic mass is 35.5. The van der Waals surface area contributed by atoms with E-state index in [1.165, 1.54) is 12.4 Å². The summed E-state index contributed by atoms with van der Waals surface area (Å²) in [5.41, 5.74) is 8.39. The summed E-state index contributed by atoms with van der Waals surface area (Å²) >= 11 is 12.3. The molecule has 0 saturated heterocycles. The highest BCUT2D eigenvalue weighted by molar-refractivity contribution is 7.79. The van der Waals surface area contributed by atoms with Crippen molar-refractivity contribution >= 4 is 69.8 Å². The molecule has 0 saturated carbocycles. The van der Waals surface area contributed by atoms with Gasteiger partial charge in [-0.25, -0.2) is 5.43 Å². The van der Waals surface area contributed by atoms with Gasteiger partial charge >= 0.3 is 10.4 Å². The van der Waals surface area contributed by atoms with Gasteiger partial charge in [-0.3, -0.25) is 19.3 Å². The summed E-state index contributed by atoms with van der Waals surface area (Å²) < 4.78 is 31.6. The number of nitrogens with one attached hydrogen (secondary N) is 2. The van der Waals surface area contributed by atoms with Gasteiger partial charge in [0.25, 0.3) is 5.91 Å². The van der Waals surface area contributed by atoms with Crippen LogP contribution in [0.15, 0.2) is 105 Å². The Hall–Kier alpha value is -3.80. The lowest BCUT2D eigenvalue weighted by Crippen LogP contribution is -2.17. The van der Waals surface area contributed by atoms with E-state index in [2.05, 4.69) is 21.1 Å². The van der Waals surface area contributed by atoms with Crippen molar-refractivity contribution in [3.8, 4) is 0 Å². The Morgan fingerprint density at radius 1 is 0.730 bits per heavy atom. The van der Waals surface area contributed by atoms with E-state index in [1.807, 2.05) is 66.7 Å². The average Bonchev–Trinajstić information content (AvgIpc) is 2.84. The van der Waals surface area contributed by atoms with E-state index in [0.29, 0.717) is 21.3 Å². The molecule has 12 heteroatoms. The van der Waals surface area contributed by atoms with Crippen LogP contribution in [0, 0.1) is 0 Å². The topological polar surface area (TPSA) is 140 Å². The Bertz CT molecular complexity index is 1370. The number of carbonyl (C=O) groups is 1. The first-order valence-electron chi connectivity index (χ1n) is 10.4. The van der Waals surface area contributed by atoms with Gasteiger partial charge in [0.05, 0.1) is 28.2 Å². The molecule has 0 aromatic heterocycles. The second-order valence-electron chi connectivity index (χ2n) is 6.97. The number of nitrogens with zero attached hydrogens (tertiary/aromatic N) is 2. The van der Waals surface area contributed by atoms with E-state index in [0.717, 1.165) is 11.1 Å². The van der Waals surface area contributed by atoms with Gasteiger partial charge in [0, 0.05) is 5.56 Å². The number of hydrazone groups is 2. The fourth-order valence-corrected chi connectivity index (χ4v) is 2.92. The maximum atomic E-state index is 12.2. The first-order chi connectivity index (χ1) is 17.6. The molecule has 3 rings (SSSR count). The zero-order valence-corrected chi connectivity index (χ0v) is 21.4. The van der Waals surface area contributed by atoms with Crippen LogP contribution in [0.25, 0.3) is 12.2 Å². The van der Waals surface area contributed by atoms with E-state index in [4.69, 9.17) is 40.7 Å². The molecule has 37 heavy (non-hydrogen) atoms. The average molecular weight is 561 g/mol. The minimum Gasteiger partial charge on any atom is -0.278 e. The van der Waals surface area contributed by atoms with Crippen LogP contribution in [0.2, 0.25) is 0 Å². The minimum atomic E-state index is -4.67. The molecule has 192 valence electrons. The van der Waals surface area contributed by atoms with Crippen molar-refractivity contribution in [3.63, 3.8) is 0 Å². The normalized spacial score (nSPS) is 12.2. The quantitative estimate of drug-likeness (QED) is 0.158. The molecule has 0 heterocycles. The zero-order chi connectivity index (χ0) is 27.1. The molecule has 1 amide bonds. The summed E-state index contributed by atoms with van der Waals surface area (Å²) in [6, 6.07) is 26.1. The molecular formula is C25H22Cl2N4O5S. The van der Waals surface area contributed by atoms with Gasteiger partial charge in [-0.2, -0.15) is 18.6 Å². The smallest absolute Gasteiger partial charge is 0.278 e. The zero-order valence-electron chi connectivity index (χ0n) is 19.1. The van der Waals surface area contributed by atoms with E-state index in [9.17, 15) is 4.79 Å². The Morgan fingerprint density at radius 3 is 1.62 bits per heavy atom. The summed E-state index contributed by atoms with van der Waals surface area (Å²) in [6.07, 6.45) is 6.45. The van der Waals surface area contributed by atoms with Gasteiger partial charge in [-0.15, -0.1) is 0 Å². The largest absolute Gasteiger partial charge is 0.394 e. The third kappa shape index (κ3) is 13.8. The number of hydrogen-bond acceptors (Lipinski definition) is 6. The predicted octanol–water partition coefficient (Wildman–Crippen LogP) is 5.71. The highest BCUT2D eigenvalue weighted by Gasteiger charge is 2.03. The van der Waals surface area contributed by atoms with Crippen molar-refractivity contribution in [1.82, 2.24) is 5.43 Å². The number of halogens is 2. The van der Waals surface area contributed by atoms with E-state index in [1.54, 1.807) is 30.3 Å². The van der Waals surface area contributed by atoms with E-state index < -0.39 is 10.4 Å². The maximum Gasteiger partial charge on any atom is 0.394 e. The highest BCUT2D eigenvalue weighted by Crippen LogP contribution is 2.12. The standard InChI is InChI=1S/C25H20Cl2N4O.H2O4S/c26-22(15-19-7-3-1-4-8-19)17-28-30-24-13-11-21(12-14-24)25(32)31-29-18-23(27)16-20-9-5-2-6-10-20;1-5(2,3)4/h1-18,30H,(H,31,32);(H2,1,2,3,4)/b22-15-,23-16-,28-17+,29-18+;. The maximum absolute atomic E-state index is 12.2. The van der Waals surface area contributed by atoms with Gasteiger partial charge in [0.15, 0.2) is 0 Å². The fraction of sp³-hybridized carbons (Fsp3) is 0. The Balaban J connectivity index is 0.000000877. The third-order valence-corrected chi connectivity index (χ3v) is 4.50. The van der Waals surface area contributed by atoms with Crippen LogP contribution < -0.4 is 10.9 Å². The molecule has 0 spiro atoms. The lowest BCUT2D eigenvalue weighted by molar-refractivity contribution is 0.0955. The molecule has 0 unspecified atom stereocenters. The summed E-state index contributed by atoms with van der Waals surface area (Å²) in [6.45, 7) is 0. The van der Waals surface area contributed by atoms with Crippen molar-refractivity contribution in [2.45, 2.75) is 0 Å². The van der Waals surface area contributed by atoms with Gasteiger partial charge in [-0.05, 0) is 47.5 Å². The number of amides is 1. The number of hydrogen-bond donors (Lipinski definition) is 4. The number of anilines is 1. The van der Waals surface area contributed by atoms with Crippen molar-refractivity contribution in [3.05, 3.63) is 112 Å². The lowest BCUT2D eigenvalue weighted by Gasteiger charge is -2.03. The van der Waals surface area contributed by atoms with Gasteiger partial charge < -0.3 is 0 Å². The Morgan fingerprint density at radius 2 is 1.16 bits per heavy atom. The molecule has 9 nitrogen and oxygen atoms in total. The molecule has 0 bridgehead atoms. The van der Waals surface area contributed by atoms with Crippen molar-refractivity contribution in [2.75, 3.05) is 5.43 Å². The van der Waals surface area contributed by atoms with Crippen LogP contribution in [0.4, 0.5) is 5.69 Å². The summed E-state index contributed by atoms with van der Waals surface area (Å²) in [5, 5.41) is 8.86. The Kier molecular flexibility index (Phi) is 12.2. The molecule has 3 aromatic rings. The number of benzene rings is 3. The second kappa shape index (κ2) is 15.3. The predicted molar refractivity (Wildman–Crippen MR) is 149 cm³/mol. The van der Waals surface area contributed by atoms with E-state index in [-0.39, 0.29) is 5.91 Å². The summed E-state index contributed by atoms with van der Waals surface area (Å²) in [7, 11) is -4.67. The van der Waals surface area contributed by atoms with Crippen LogP contribution >= 0.6 is 23.2 Å². The van der Waals surface area contributed by atoms with Crippen molar-refractivity contribution in [1.29, 1.82) is 0 Å². The van der Waals surface area contributed by atoms with Crippen molar-refractivity contribution in [2.24, 2.45) is 10.2 Å². The molecule has 0 aliphatic rings. The van der Waals surface area contributed by atoms with Crippen LogP contribution in [-0.2, 0) is 10.4 Å². The SMILES string of the molecule is O=C(N/N=C/C(Cl)=C/c1ccccc1)c1ccc(N/N=C/C(Cl)=C/c2ccccc2)cc1.O=S(=O)(O)O. The Labute approximate surface area is 224 Å². The molecule has 0 radical (unpaired) electrons. The van der Waals surface area contributed by atoms with Gasteiger partial charge in [0.1, 0.15) is 0 Å². The third-order valence-electron chi connectivity index (χ3n) is 4.09. The lowest BCUT2D eigenvalue weighted by atomic mass is 10.2. The van der Waals surface area contributed by atoms with Gasteiger partial charge in [0.2, 0.25) is 0 Å².